The van der Waals surface area contributed by atoms with Crippen molar-refractivity contribution in [1.29, 1.82) is 0 Å². The third-order valence-electron chi connectivity index (χ3n) is 7.70. The van der Waals surface area contributed by atoms with Crippen molar-refractivity contribution in [3.05, 3.63) is 59.7 Å². The minimum absolute atomic E-state index is 0.352. The number of carbonyl (C=O) groups excluding carboxylic acids is 1. The van der Waals surface area contributed by atoms with Crippen LogP contribution in [0.4, 0.5) is 0 Å². The summed E-state index contributed by atoms with van der Waals surface area (Å²) >= 11 is 1.62. The SMILES string of the molecule is CCCCCCCCCCCSc1nnc(-c2ccc(OC(=O)c3ccc(CCCCCCCCCC)cc3)cc2)o1. The van der Waals surface area contributed by atoms with Crippen LogP contribution in [0.3, 0.4) is 0 Å². The Labute approximate surface area is 258 Å². The number of aromatic nitrogens is 2. The van der Waals surface area contributed by atoms with Crippen LogP contribution in [0.5, 0.6) is 5.75 Å². The molecule has 1 aromatic heterocycles. The number of hydrogen-bond donors (Lipinski definition) is 0. The Morgan fingerprint density at radius 1 is 0.667 bits per heavy atom. The molecule has 3 rings (SSSR count). The fourth-order valence-corrected chi connectivity index (χ4v) is 5.82. The fourth-order valence-electron chi connectivity index (χ4n) is 5.06. The molecule has 230 valence electrons. The Hall–Kier alpha value is -2.60. The Morgan fingerprint density at radius 3 is 1.81 bits per heavy atom. The minimum Gasteiger partial charge on any atom is -0.423 e. The zero-order valence-corrected chi connectivity index (χ0v) is 26.9. The summed E-state index contributed by atoms with van der Waals surface area (Å²) in [5, 5.41) is 8.99. The molecule has 6 heteroatoms. The van der Waals surface area contributed by atoms with Crippen molar-refractivity contribution in [2.45, 2.75) is 135 Å². The maximum Gasteiger partial charge on any atom is 0.343 e. The number of unbranched alkanes of at least 4 members (excludes halogenated alkanes) is 15. The molecule has 0 spiro atoms. The highest BCUT2D eigenvalue weighted by atomic mass is 32.2. The van der Waals surface area contributed by atoms with Crippen LogP contribution in [-0.4, -0.2) is 21.9 Å². The van der Waals surface area contributed by atoms with E-state index in [-0.39, 0.29) is 5.97 Å². The first kappa shape index (κ1) is 33.9. The molecule has 0 atom stereocenters. The molecule has 0 unspecified atom stereocenters. The van der Waals surface area contributed by atoms with Gasteiger partial charge in [-0.25, -0.2) is 4.79 Å². The highest BCUT2D eigenvalue weighted by Gasteiger charge is 2.12. The molecule has 0 saturated heterocycles. The second-order valence-corrected chi connectivity index (χ2v) is 12.4. The number of rotatable bonds is 23. The monoisotopic (exact) mass is 592 g/mol. The topological polar surface area (TPSA) is 65.2 Å². The van der Waals surface area contributed by atoms with Gasteiger partial charge < -0.3 is 9.15 Å². The summed E-state index contributed by atoms with van der Waals surface area (Å²) in [7, 11) is 0. The third kappa shape index (κ3) is 13.6. The second-order valence-electron chi connectivity index (χ2n) is 11.4. The Bertz CT molecular complexity index is 1110. The Kier molecular flexibility index (Phi) is 17.1. The molecule has 0 saturated carbocycles. The van der Waals surface area contributed by atoms with E-state index in [9.17, 15) is 4.79 Å². The summed E-state index contributed by atoms with van der Waals surface area (Å²) in [6, 6.07) is 15.0. The maximum absolute atomic E-state index is 12.7. The van der Waals surface area contributed by atoms with Gasteiger partial charge in [0.1, 0.15) is 5.75 Å². The lowest BCUT2D eigenvalue weighted by molar-refractivity contribution is 0.0734. The van der Waals surface area contributed by atoms with Crippen molar-refractivity contribution < 1.29 is 13.9 Å². The predicted molar refractivity (Wildman–Crippen MR) is 175 cm³/mol. The Balaban J connectivity index is 1.32. The van der Waals surface area contributed by atoms with Crippen LogP contribution >= 0.6 is 11.8 Å². The van der Waals surface area contributed by atoms with Gasteiger partial charge in [-0.2, -0.15) is 0 Å². The van der Waals surface area contributed by atoms with Gasteiger partial charge in [0.15, 0.2) is 0 Å². The largest absolute Gasteiger partial charge is 0.423 e. The number of ether oxygens (including phenoxy) is 1. The zero-order chi connectivity index (χ0) is 29.7. The van der Waals surface area contributed by atoms with Gasteiger partial charge in [0, 0.05) is 11.3 Å². The summed E-state index contributed by atoms with van der Waals surface area (Å²) in [6.07, 6.45) is 23.5. The van der Waals surface area contributed by atoms with Crippen molar-refractivity contribution in [1.82, 2.24) is 10.2 Å². The van der Waals surface area contributed by atoms with Crippen LogP contribution in [0.1, 0.15) is 139 Å². The van der Waals surface area contributed by atoms with Crippen molar-refractivity contribution in [2.75, 3.05) is 5.75 Å². The van der Waals surface area contributed by atoms with Gasteiger partial charge in [-0.05, 0) is 61.2 Å². The van der Waals surface area contributed by atoms with Gasteiger partial charge in [0.2, 0.25) is 5.89 Å². The highest BCUT2D eigenvalue weighted by molar-refractivity contribution is 7.99. The summed E-state index contributed by atoms with van der Waals surface area (Å²) < 4.78 is 11.4. The van der Waals surface area contributed by atoms with Crippen LogP contribution in [0.15, 0.2) is 58.2 Å². The van der Waals surface area contributed by atoms with Gasteiger partial charge in [-0.15, -0.1) is 10.2 Å². The summed E-state index contributed by atoms with van der Waals surface area (Å²) in [6.45, 7) is 4.52. The molecule has 5 nitrogen and oxygen atoms in total. The van der Waals surface area contributed by atoms with E-state index in [1.165, 1.54) is 115 Å². The maximum atomic E-state index is 12.7. The second kappa shape index (κ2) is 21.1. The summed E-state index contributed by atoms with van der Waals surface area (Å²) in [4.78, 5) is 12.7. The van der Waals surface area contributed by atoms with E-state index in [1.807, 2.05) is 36.4 Å². The number of esters is 1. The molecule has 3 aromatic rings. The molecule has 2 aromatic carbocycles. The third-order valence-corrected chi connectivity index (χ3v) is 8.61. The van der Waals surface area contributed by atoms with Crippen molar-refractivity contribution >= 4 is 17.7 Å². The van der Waals surface area contributed by atoms with Gasteiger partial charge in [0.05, 0.1) is 5.56 Å². The molecule has 0 aliphatic heterocycles. The predicted octanol–water partition coefficient (Wildman–Crippen LogP) is 11.3. The van der Waals surface area contributed by atoms with E-state index in [0.29, 0.717) is 22.4 Å². The van der Waals surface area contributed by atoms with Gasteiger partial charge in [0.25, 0.3) is 5.22 Å². The molecule has 42 heavy (non-hydrogen) atoms. The molecular formula is C36H52N2O3S. The van der Waals surface area contributed by atoms with E-state index in [4.69, 9.17) is 9.15 Å². The lowest BCUT2D eigenvalue weighted by Gasteiger charge is -2.06. The van der Waals surface area contributed by atoms with Crippen LogP contribution in [0.25, 0.3) is 11.5 Å². The lowest BCUT2D eigenvalue weighted by atomic mass is 10.0. The number of carbonyl (C=O) groups is 1. The zero-order valence-electron chi connectivity index (χ0n) is 26.1. The van der Waals surface area contributed by atoms with Crippen LogP contribution in [-0.2, 0) is 6.42 Å². The number of nitrogens with zero attached hydrogens (tertiary/aromatic N) is 2. The van der Waals surface area contributed by atoms with E-state index in [1.54, 1.807) is 23.9 Å². The fraction of sp³-hybridized carbons (Fsp3) is 0.583. The number of thioether (sulfide) groups is 1. The standard InChI is InChI=1S/C36H52N2O3S/c1-3-5-7-9-11-13-15-17-19-29-42-36-38-37-34(41-36)31-25-27-33(28-26-31)40-35(39)32-23-21-30(22-24-32)20-18-16-14-12-10-8-6-4-2/h21-28H,3-20,29H2,1-2H3. The molecule has 0 amide bonds. The smallest absolute Gasteiger partial charge is 0.343 e. The molecule has 1 heterocycles. The number of hydrogen-bond acceptors (Lipinski definition) is 6. The summed E-state index contributed by atoms with van der Waals surface area (Å²) in [5.74, 6) is 1.61. The first-order valence-corrected chi connectivity index (χ1v) is 17.6. The van der Waals surface area contributed by atoms with Crippen molar-refractivity contribution in [3.63, 3.8) is 0 Å². The van der Waals surface area contributed by atoms with Crippen LogP contribution < -0.4 is 4.74 Å². The molecular weight excluding hydrogens is 540 g/mol. The quantitative estimate of drug-likeness (QED) is 0.0472. The van der Waals surface area contributed by atoms with Gasteiger partial charge in [-0.3, -0.25) is 0 Å². The van der Waals surface area contributed by atoms with Gasteiger partial charge in [-0.1, -0.05) is 134 Å². The average Bonchev–Trinajstić information content (AvgIpc) is 3.49. The molecule has 0 aliphatic rings. The van der Waals surface area contributed by atoms with E-state index in [2.05, 4.69) is 24.0 Å². The van der Waals surface area contributed by atoms with E-state index >= 15 is 0 Å². The van der Waals surface area contributed by atoms with E-state index < -0.39 is 0 Å². The van der Waals surface area contributed by atoms with Crippen molar-refractivity contribution in [2.24, 2.45) is 0 Å². The number of benzene rings is 2. The number of aryl methyl sites for hydroxylation is 1. The van der Waals surface area contributed by atoms with Gasteiger partial charge >= 0.3 is 5.97 Å². The van der Waals surface area contributed by atoms with Crippen molar-refractivity contribution in [3.8, 4) is 17.2 Å². The van der Waals surface area contributed by atoms with Crippen LogP contribution in [0.2, 0.25) is 0 Å². The van der Waals surface area contributed by atoms with E-state index in [0.717, 1.165) is 17.7 Å². The molecule has 0 fully saturated rings. The molecule has 0 aliphatic carbocycles. The molecule has 0 N–H and O–H groups in total. The first-order chi connectivity index (χ1) is 20.7. The normalized spacial score (nSPS) is 11.2. The average molecular weight is 593 g/mol. The Morgan fingerprint density at radius 2 is 1.21 bits per heavy atom. The first-order valence-electron chi connectivity index (χ1n) is 16.6. The molecule has 0 bridgehead atoms. The molecule has 0 radical (unpaired) electrons. The van der Waals surface area contributed by atoms with Crippen LogP contribution in [0, 0.1) is 0 Å². The highest BCUT2D eigenvalue weighted by Crippen LogP contribution is 2.26. The lowest BCUT2D eigenvalue weighted by Crippen LogP contribution is -2.08. The summed E-state index contributed by atoms with van der Waals surface area (Å²) in [5.41, 5.74) is 2.64. The minimum atomic E-state index is -0.352.